The average Bonchev–Trinajstić information content (AvgIpc) is 3.26. The number of aromatic nitrogens is 1. The lowest BCUT2D eigenvalue weighted by Gasteiger charge is -2.10. The van der Waals surface area contributed by atoms with Crippen molar-refractivity contribution >= 4 is 38.8 Å². The van der Waals surface area contributed by atoms with Crippen molar-refractivity contribution in [3.05, 3.63) is 76.8 Å². The summed E-state index contributed by atoms with van der Waals surface area (Å²) in [5, 5.41) is 14.2. The molecule has 0 spiro atoms. The number of amides is 1. The number of ether oxygens (including phenoxy) is 2. The molecule has 0 unspecified atom stereocenters. The van der Waals surface area contributed by atoms with Crippen LogP contribution in [0.3, 0.4) is 0 Å². The van der Waals surface area contributed by atoms with Gasteiger partial charge in [-0.2, -0.15) is 0 Å². The Labute approximate surface area is 194 Å². The van der Waals surface area contributed by atoms with Crippen molar-refractivity contribution in [2.75, 3.05) is 24.6 Å². The molecule has 2 aromatic heterocycles. The molecule has 4 aromatic rings. The highest BCUT2D eigenvalue weighted by molar-refractivity contribution is 7.17. The van der Waals surface area contributed by atoms with Gasteiger partial charge in [-0.15, -0.1) is 11.3 Å². The number of benzene rings is 2. The fourth-order valence-corrected chi connectivity index (χ4v) is 4.33. The van der Waals surface area contributed by atoms with Crippen LogP contribution in [0.1, 0.15) is 21.5 Å². The van der Waals surface area contributed by atoms with E-state index in [1.165, 1.54) is 17.5 Å². The summed E-state index contributed by atoms with van der Waals surface area (Å²) < 4.78 is 12.6. The first-order chi connectivity index (χ1) is 16.0. The minimum absolute atomic E-state index is 0.135. The van der Waals surface area contributed by atoms with E-state index in [1.54, 1.807) is 0 Å². The second-order valence-corrected chi connectivity index (χ2v) is 8.18. The maximum absolute atomic E-state index is 12.4. The number of anilines is 2. The maximum Gasteiger partial charge on any atom is 0.254 e. The van der Waals surface area contributed by atoms with Crippen LogP contribution >= 0.6 is 11.3 Å². The number of carbonyl (C=O) groups excluding carboxylic acids is 1. The van der Waals surface area contributed by atoms with E-state index in [-0.39, 0.29) is 25.7 Å². The molecule has 6 N–H and O–H groups in total. The zero-order valence-corrected chi connectivity index (χ0v) is 18.6. The van der Waals surface area contributed by atoms with Gasteiger partial charge >= 0.3 is 0 Å². The molecule has 33 heavy (non-hydrogen) atoms. The predicted molar refractivity (Wildman–Crippen MR) is 129 cm³/mol. The highest BCUT2D eigenvalue weighted by Crippen LogP contribution is 2.33. The summed E-state index contributed by atoms with van der Waals surface area (Å²) in [7, 11) is 0. The summed E-state index contributed by atoms with van der Waals surface area (Å²) >= 11 is 1.40. The van der Waals surface area contributed by atoms with Crippen molar-refractivity contribution < 1.29 is 19.4 Å². The molecule has 0 saturated carbocycles. The number of nitrogens with one attached hydrogen (secondary N) is 1. The van der Waals surface area contributed by atoms with Crippen LogP contribution in [-0.2, 0) is 13.2 Å². The van der Waals surface area contributed by atoms with E-state index < -0.39 is 0 Å². The molecule has 0 fully saturated rings. The molecule has 0 aliphatic rings. The van der Waals surface area contributed by atoms with Crippen LogP contribution in [0.5, 0.6) is 11.5 Å². The Morgan fingerprint density at radius 3 is 2.52 bits per heavy atom. The fraction of sp³-hybridized carbons (Fsp3) is 0.167. The summed E-state index contributed by atoms with van der Waals surface area (Å²) in [5.41, 5.74) is 14.8. The highest BCUT2D eigenvalue weighted by atomic mass is 32.1. The Morgan fingerprint density at radius 1 is 1.06 bits per heavy atom. The fourth-order valence-electron chi connectivity index (χ4n) is 3.26. The monoisotopic (exact) mass is 464 g/mol. The highest BCUT2D eigenvalue weighted by Gasteiger charge is 2.17. The largest absolute Gasteiger partial charge is 0.489 e. The van der Waals surface area contributed by atoms with Gasteiger partial charge in [-0.1, -0.05) is 18.2 Å². The number of hydrogen-bond donors (Lipinski definition) is 4. The summed E-state index contributed by atoms with van der Waals surface area (Å²) in [6.07, 6.45) is 1.45. The van der Waals surface area contributed by atoms with Crippen molar-refractivity contribution in [1.82, 2.24) is 10.3 Å². The molecular weight excluding hydrogens is 440 g/mol. The Kier molecular flexibility index (Phi) is 6.92. The molecule has 2 aromatic carbocycles. The molecule has 0 saturated heterocycles. The second kappa shape index (κ2) is 10.2. The Bertz CT molecular complexity index is 1260. The van der Waals surface area contributed by atoms with E-state index in [0.29, 0.717) is 40.6 Å². The number of rotatable bonds is 9. The second-order valence-electron chi connectivity index (χ2n) is 7.30. The standard InChI is InChI=1S/C24H24N4O4S/c25-17-6-4-15(5-7-17)12-31-18-2-1-3-19(10-18)32-13-16-14-33-22-20(24(30)27-8-9-29)11-28-23(26)21(16)22/h1-7,10-11,14,29H,8-9,12-13,25H2,(H2,26,28)(H,27,30). The average molecular weight is 465 g/mol. The third kappa shape index (κ3) is 5.33. The Morgan fingerprint density at radius 2 is 1.79 bits per heavy atom. The smallest absolute Gasteiger partial charge is 0.254 e. The van der Waals surface area contributed by atoms with Crippen molar-refractivity contribution in [2.24, 2.45) is 0 Å². The number of pyridine rings is 1. The lowest BCUT2D eigenvalue weighted by molar-refractivity contribution is 0.0946. The minimum atomic E-state index is -0.304. The van der Waals surface area contributed by atoms with Gasteiger partial charge in [0.15, 0.2) is 0 Å². The van der Waals surface area contributed by atoms with Crippen molar-refractivity contribution in [2.45, 2.75) is 13.2 Å². The zero-order chi connectivity index (χ0) is 23.2. The van der Waals surface area contributed by atoms with E-state index in [4.69, 9.17) is 26.0 Å². The van der Waals surface area contributed by atoms with Crippen LogP contribution in [0.25, 0.3) is 10.1 Å². The van der Waals surface area contributed by atoms with Crippen molar-refractivity contribution in [1.29, 1.82) is 0 Å². The zero-order valence-electron chi connectivity index (χ0n) is 17.8. The molecule has 170 valence electrons. The van der Waals surface area contributed by atoms with E-state index in [1.807, 2.05) is 53.9 Å². The molecule has 2 heterocycles. The normalized spacial score (nSPS) is 10.8. The van der Waals surface area contributed by atoms with Gasteiger partial charge in [-0.25, -0.2) is 4.98 Å². The van der Waals surface area contributed by atoms with E-state index >= 15 is 0 Å². The molecule has 8 nitrogen and oxygen atoms in total. The topological polar surface area (TPSA) is 133 Å². The molecule has 1 amide bonds. The maximum atomic E-state index is 12.4. The van der Waals surface area contributed by atoms with Gasteiger partial charge in [0.25, 0.3) is 5.91 Å². The number of nitrogens with two attached hydrogens (primary N) is 2. The number of fused-ring (bicyclic) bond motifs is 1. The van der Waals surface area contributed by atoms with Crippen LogP contribution in [0, 0.1) is 0 Å². The summed E-state index contributed by atoms with van der Waals surface area (Å²) in [6.45, 7) is 0.712. The van der Waals surface area contributed by atoms with Crippen molar-refractivity contribution in [3.8, 4) is 11.5 Å². The van der Waals surface area contributed by atoms with Crippen LogP contribution in [0.2, 0.25) is 0 Å². The van der Waals surface area contributed by atoms with Crippen LogP contribution in [-0.4, -0.2) is 29.1 Å². The Hall–Kier alpha value is -3.82. The number of nitrogen functional groups attached to an aromatic ring is 2. The molecule has 0 bridgehead atoms. The number of carbonyl (C=O) groups is 1. The number of nitrogens with zero attached hydrogens (tertiary/aromatic N) is 1. The van der Waals surface area contributed by atoms with Gasteiger partial charge in [0.05, 0.1) is 16.9 Å². The number of aliphatic hydroxyl groups excluding tert-OH is 1. The van der Waals surface area contributed by atoms with Crippen LogP contribution in [0.4, 0.5) is 11.5 Å². The third-order valence-electron chi connectivity index (χ3n) is 4.93. The molecular formula is C24H24N4O4S. The Balaban J connectivity index is 1.45. The van der Waals surface area contributed by atoms with E-state index in [0.717, 1.165) is 15.8 Å². The van der Waals surface area contributed by atoms with E-state index in [2.05, 4.69) is 10.3 Å². The summed E-state index contributed by atoms with van der Waals surface area (Å²) in [6, 6.07) is 14.9. The predicted octanol–water partition coefficient (Wildman–Crippen LogP) is 3.34. The van der Waals surface area contributed by atoms with Gasteiger partial charge in [0.2, 0.25) is 0 Å². The molecule has 0 radical (unpaired) electrons. The lowest BCUT2D eigenvalue weighted by Crippen LogP contribution is -2.26. The molecule has 9 heteroatoms. The van der Waals surface area contributed by atoms with Crippen molar-refractivity contribution in [3.63, 3.8) is 0 Å². The first kappa shape index (κ1) is 22.4. The lowest BCUT2D eigenvalue weighted by atomic mass is 10.1. The van der Waals surface area contributed by atoms with Gasteiger partial charge < -0.3 is 31.4 Å². The van der Waals surface area contributed by atoms with Gasteiger partial charge in [-0.05, 0) is 35.2 Å². The molecule has 4 rings (SSSR count). The van der Waals surface area contributed by atoms with Crippen LogP contribution < -0.4 is 26.3 Å². The minimum Gasteiger partial charge on any atom is -0.489 e. The molecule has 0 atom stereocenters. The quantitative estimate of drug-likeness (QED) is 0.279. The number of thiophene rings is 1. The summed E-state index contributed by atoms with van der Waals surface area (Å²) in [5.74, 6) is 1.36. The van der Waals surface area contributed by atoms with Gasteiger partial charge in [-0.3, -0.25) is 4.79 Å². The van der Waals surface area contributed by atoms with E-state index in [9.17, 15) is 4.79 Å². The van der Waals surface area contributed by atoms with Crippen LogP contribution in [0.15, 0.2) is 60.1 Å². The molecule has 0 aliphatic heterocycles. The van der Waals surface area contributed by atoms with Gasteiger partial charge in [0.1, 0.15) is 30.5 Å². The summed E-state index contributed by atoms with van der Waals surface area (Å²) in [4.78, 5) is 16.6. The van der Waals surface area contributed by atoms with Gasteiger partial charge in [0, 0.05) is 35.4 Å². The SMILES string of the molecule is Nc1ccc(COc2cccc(OCc3csc4c(C(=O)NCCO)cnc(N)c34)c2)cc1. The number of hydrogen-bond acceptors (Lipinski definition) is 8. The number of aliphatic hydroxyl groups is 1. The molecule has 0 aliphatic carbocycles. The first-order valence-electron chi connectivity index (χ1n) is 10.3. The third-order valence-corrected chi connectivity index (χ3v) is 5.99. The first-order valence-corrected chi connectivity index (χ1v) is 11.2.